The summed E-state index contributed by atoms with van der Waals surface area (Å²) in [5.41, 5.74) is 0. The number of rotatable bonds is 0. The number of carbonyl (C=O) groups excluding carboxylic acids is 3. The number of ether oxygens (including phenoxy) is 3. The van der Waals surface area contributed by atoms with Crippen LogP contribution in [0.25, 0.3) is 0 Å². The van der Waals surface area contributed by atoms with Crippen LogP contribution in [0.3, 0.4) is 0 Å². The minimum absolute atomic E-state index is 0. The normalized spacial score (nSPS) is 6.00. The summed E-state index contributed by atoms with van der Waals surface area (Å²) >= 11 is 0. The van der Waals surface area contributed by atoms with Crippen LogP contribution in [0.5, 0.6) is 0 Å². The predicted octanol–water partition coefficient (Wildman–Crippen LogP) is 1.81. The van der Waals surface area contributed by atoms with E-state index in [0.717, 1.165) is 0 Å². The lowest BCUT2D eigenvalue weighted by Gasteiger charge is -1.80. The van der Waals surface area contributed by atoms with Crippen LogP contribution in [0, 0.1) is 0 Å². The molecule has 6 heteroatoms. The summed E-state index contributed by atoms with van der Waals surface area (Å²) in [7, 11) is 4.05. The van der Waals surface area contributed by atoms with Crippen molar-refractivity contribution in [3.05, 3.63) is 0 Å². The number of hydrogen-bond donors (Lipinski definition) is 0. The van der Waals surface area contributed by atoms with E-state index in [1.165, 1.54) is 42.1 Å². The molecule has 0 aromatic rings. The van der Waals surface area contributed by atoms with Crippen LogP contribution < -0.4 is 0 Å². The third kappa shape index (κ3) is 114. The molecule has 0 heterocycles. The average molecular weight is 254 g/mol. The van der Waals surface area contributed by atoms with E-state index >= 15 is 0 Å². The molecule has 0 aliphatic carbocycles. The molecule has 17 heavy (non-hydrogen) atoms. The predicted molar refractivity (Wildman–Crippen MR) is 66.5 cm³/mol. The Hall–Kier alpha value is -1.59. The quantitative estimate of drug-likeness (QED) is 0.484. The fraction of sp³-hybridized carbons (Fsp3) is 0.727. The van der Waals surface area contributed by atoms with Crippen molar-refractivity contribution < 1.29 is 28.6 Å². The van der Waals surface area contributed by atoms with Crippen LogP contribution in [0.1, 0.15) is 35.6 Å². The van der Waals surface area contributed by atoms with Crippen molar-refractivity contribution >= 4 is 17.9 Å². The molecule has 0 rings (SSSR count). The highest BCUT2D eigenvalue weighted by atomic mass is 16.5. The second-order valence-corrected chi connectivity index (χ2v) is 2.09. The number of esters is 3. The van der Waals surface area contributed by atoms with E-state index in [1.807, 2.05) is 0 Å². The molecule has 0 atom stereocenters. The molecule has 0 aliphatic heterocycles. The monoisotopic (exact) mass is 254 g/mol. The van der Waals surface area contributed by atoms with Crippen molar-refractivity contribution in [2.24, 2.45) is 0 Å². The van der Waals surface area contributed by atoms with Gasteiger partial charge in [-0.3, -0.25) is 14.4 Å². The second-order valence-electron chi connectivity index (χ2n) is 2.09. The summed E-state index contributed by atoms with van der Waals surface area (Å²) < 4.78 is 12.3. The van der Waals surface area contributed by atoms with E-state index in [1.54, 1.807) is 0 Å². The highest BCUT2D eigenvalue weighted by molar-refractivity contribution is 5.66. The van der Waals surface area contributed by atoms with Crippen LogP contribution >= 0.6 is 0 Å². The molecule has 106 valence electrons. The molecular weight excluding hydrogens is 228 g/mol. The minimum atomic E-state index is -0.245. The van der Waals surface area contributed by atoms with Gasteiger partial charge in [0.2, 0.25) is 0 Å². The van der Waals surface area contributed by atoms with Gasteiger partial charge in [0.1, 0.15) is 0 Å². The lowest BCUT2D eigenvalue weighted by Crippen LogP contribution is -1.88. The van der Waals surface area contributed by atoms with Gasteiger partial charge < -0.3 is 14.2 Å². The molecule has 0 spiro atoms. The molecular formula is C11H26O6. The molecule has 0 aromatic carbocycles. The molecule has 0 radical (unpaired) electrons. The molecule has 0 N–H and O–H groups in total. The van der Waals surface area contributed by atoms with Gasteiger partial charge in [-0.25, -0.2) is 0 Å². The summed E-state index contributed by atoms with van der Waals surface area (Å²) in [6, 6.07) is 0. The Morgan fingerprint density at radius 3 is 0.647 bits per heavy atom. The third-order valence-corrected chi connectivity index (χ3v) is 0.862. The molecule has 0 saturated heterocycles. The smallest absolute Gasteiger partial charge is 0.302 e. The van der Waals surface area contributed by atoms with Gasteiger partial charge >= 0.3 is 17.9 Å². The van der Waals surface area contributed by atoms with Crippen LogP contribution in [-0.2, 0) is 28.6 Å². The van der Waals surface area contributed by atoms with Crippen LogP contribution in [-0.4, -0.2) is 39.2 Å². The Bertz CT molecular complexity index is 155. The Morgan fingerprint density at radius 2 is 0.647 bits per heavy atom. The first-order chi connectivity index (χ1) is 6.81. The molecule has 6 nitrogen and oxygen atoms in total. The van der Waals surface area contributed by atoms with E-state index in [4.69, 9.17) is 0 Å². The molecule has 0 bridgehead atoms. The van der Waals surface area contributed by atoms with Crippen molar-refractivity contribution in [3.8, 4) is 0 Å². The van der Waals surface area contributed by atoms with E-state index in [-0.39, 0.29) is 32.8 Å². The van der Waals surface area contributed by atoms with Gasteiger partial charge in [-0.2, -0.15) is 0 Å². The summed E-state index contributed by atoms with van der Waals surface area (Å²) in [4.78, 5) is 28.8. The summed E-state index contributed by atoms with van der Waals surface area (Å²) in [6.45, 7) is 4.08. The first kappa shape index (κ1) is 29.5. The fourth-order valence-electron chi connectivity index (χ4n) is 0. The zero-order valence-electron chi connectivity index (χ0n) is 9.95. The van der Waals surface area contributed by atoms with Gasteiger partial charge in [0, 0.05) is 20.8 Å². The van der Waals surface area contributed by atoms with Gasteiger partial charge in [-0.05, 0) is 0 Å². The van der Waals surface area contributed by atoms with Crippen molar-refractivity contribution in [2.75, 3.05) is 21.3 Å². The lowest BCUT2D eigenvalue weighted by molar-refractivity contribution is -0.138. The zero-order valence-corrected chi connectivity index (χ0v) is 9.95. The molecule has 0 amide bonds. The third-order valence-electron chi connectivity index (χ3n) is 0.862. The van der Waals surface area contributed by atoms with Gasteiger partial charge in [0.25, 0.3) is 0 Å². The van der Waals surface area contributed by atoms with E-state index in [9.17, 15) is 14.4 Å². The molecule has 0 saturated carbocycles. The van der Waals surface area contributed by atoms with Gasteiger partial charge in [-0.15, -0.1) is 0 Å². The maximum atomic E-state index is 9.59. The zero-order chi connectivity index (χ0) is 12.9. The first-order valence-corrected chi connectivity index (χ1v) is 3.95. The van der Waals surface area contributed by atoms with Crippen molar-refractivity contribution in [1.82, 2.24) is 0 Å². The van der Waals surface area contributed by atoms with Gasteiger partial charge in [-0.1, -0.05) is 14.9 Å². The van der Waals surface area contributed by atoms with E-state index in [0.29, 0.717) is 0 Å². The van der Waals surface area contributed by atoms with E-state index in [2.05, 4.69) is 14.2 Å². The number of hydrogen-bond acceptors (Lipinski definition) is 6. The SMILES string of the molecule is C.C.COC(C)=O.COC(C)=O.COC(C)=O. The standard InChI is InChI=1S/3C3H6O2.2CH4/c3*1-3(4)5-2;;/h3*1-2H3;2*1H4. The summed E-state index contributed by atoms with van der Waals surface area (Å²) in [6.07, 6.45) is 0. The van der Waals surface area contributed by atoms with Crippen molar-refractivity contribution in [1.29, 1.82) is 0 Å². The molecule has 0 aromatic heterocycles. The fourth-order valence-corrected chi connectivity index (χ4v) is 0. The summed E-state index contributed by atoms with van der Waals surface area (Å²) in [5, 5.41) is 0. The number of methoxy groups -OCH3 is 3. The highest BCUT2D eigenvalue weighted by Crippen LogP contribution is 1.61. The average Bonchev–Trinajstić information content (AvgIpc) is 2.19. The topological polar surface area (TPSA) is 78.9 Å². The van der Waals surface area contributed by atoms with Crippen LogP contribution in [0.15, 0.2) is 0 Å². The van der Waals surface area contributed by atoms with Crippen LogP contribution in [0.4, 0.5) is 0 Å². The Labute approximate surface area is 104 Å². The molecule has 0 aliphatic rings. The molecule has 0 fully saturated rings. The van der Waals surface area contributed by atoms with Crippen molar-refractivity contribution in [3.63, 3.8) is 0 Å². The summed E-state index contributed by atoms with van der Waals surface area (Å²) in [5.74, 6) is -0.736. The lowest BCUT2D eigenvalue weighted by atomic mass is 10.8. The van der Waals surface area contributed by atoms with Crippen LogP contribution in [0.2, 0.25) is 0 Å². The Morgan fingerprint density at radius 1 is 0.588 bits per heavy atom. The Kier molecular flexibility index (Phi) is 41.5. The maximum Gasteiger partial charge on any atom is 0.302 e. The maximum absolute atomic E-state index is 9.59. The van der Waals surface area contributed by atoms with E-state index < -0.39 is 0 Å². The van der Waals surface area contributed by atoms with Gasteiger partial charge in [0.15, 0.2) is 0 Å². The largest absolute Gasteiger partial charge is 0.469 e. The van der Waals surface area contributed by atoms with Gasteiger partial charge in [0.05, 0.1) is 21.3 Å². The second kappa shape index (κ2) is 23.9. The number of carbonyl (C=O) groups is 3. The highest BCUT2D eigenvalue weighted by Gasteiger charge is 1.76. The Balaban J connectivity index is -0.0000000400. The minimum Gasteiger partial charge on any atom is -0.469 e. The van der Waals surface area contributed by atoms with Crippen molar-refractivity contribution in [2.45, 2.75) is 35.6 Å². The first-order valence-electron chi connectivity index (χ1n) is 3.95. The molecule has 0 unspecified atom stereocenters.